The van der Waals surface area contributed by atoms with Crippen LogP contribution in [-0.2, 0) is 5.21 Å². The van der Waals surface area contributed by atoms with Gasteiger partial charge in [0.15, 0.2) is 32.8 Å². The molecule has 0 unspecified atom stereocenters. The summed E-state index contributed by atoms with van der Waals surface area (Å²) >= 11 is 0. The lowest BCUT2D eigenvalue weighted by Gasteiger charge is -2.40. The van der Waals surface area contributed by atoms with E-state index in [2.05, 4.69) is 63.6 Å². The first-order valence-corrected chi connectivity index (χ1v) is 8.25. The highest BCUT2D eigenvalue weighted by Crippen LogP contribution is 2.40. The normalized spacial score (nSPS) is 18.0. The third-order valence-corrected chi connectivity index (χ3v) is 4.29. The van der Waals surface area contributed by atoms with Crippen LogP contribution in [0, 0.1) is 0 Å². The van der Waals surface area contributed by atoms with Crippen LogP contribution in [0.3, 0.4) is 0 Å². The number of hydrogen-bond donors (Lipinski definition) is 1. The molecule has 110 valence electrons. The monoisotopic (exact) mass is 291 g/mol. The van der Waals surface area contributed by atoms with Crippen molar-refractivity contribution in [3.63, 3.8) is 0 Å². The molecule has 0 amide bonds. The maximum Gasteiger partial charge on any atom is 0.197 e. The predicted molar refractivity (Wildman–Crippen MR) is 112 cm³/mol. The SMILES string of the molecule is BC(B)(B)N[C@H](CC)C(B)(B)c1ccc2c(c1)OC(B)(B)O2. The van der Waals surface area contributed by atoms with Gasteiger partial charge in [-0.15, -0.1) is 0 Å². The van der Waals surface area contributed by atoms with E-state index in [4.69, 9.17) is 9.47 Å². The Hall–Kier alpha value is -0.765. The van der Waals surface area contributed by atoms with Gasteiger partial charge >= 0.3 is 0 Å². The molecule has 1 aliphatic heterocycles. The van der Waals surface area contributed by atoms with Crippen molar-refractivity contribution in [1.29, 1.82) is 0 Å². The second-order valence-electron chi connectivity index (χ2n) is 8.34. The number of benzene rings is 1. The van der Waals surface area contributed by atoms with E-state index in [0.717, 1.165) is 17.9 Å². The number of fused-ring (bicyclic) bond motifs is 1. The van der Waals surface area contributed by atoms with Crippen LogP contribution < -0.4 is 14.8 Å². The zero-order valence-corrected chi connectivity index (χ0v) is 15.3. The van der Waals surface area contributed by atoms with Crippen LogP contribution in [0.25, 0.3) is 0 Å². The molecule has 2 rings (SSSR count). The van der Waals surface area contributed by atoms with Crippen LogP contribution in [0.2, 0.25) is 0 Å². The lowest BCUT2D eigenvalue weighted by molar-refractivity contribution is 0.0833. The molecule has 0 radical (unpaired) electrons. The van der Waals surface area contributed by atoms with Gasteiger partial charge in [-0.2, -0.15) is 0 Å². The minimum absolute atomic E-state index is 0.00710. The molecule has 1 aliphatic rings. The molecule has 1 aromatic carbocycles. The average molecular weight is 290 g/mol. The van der Waals surface area contributed by atoms with E-state index in [1.807, 2.05) is 21.8 Å². The molecule has 0 bridgehead atoms. The van der Waals surface area contributed by atoms with E-state index >= 15 is 0 Å². The first-order chi connectivity index (χ1) is 9.94. The topological polar surface area (TPSA) is 30.5 Å². The average Bonchev–Trinajstić information content (AvgIpc) is 2.67. The third-order valence-electron chi connectivity index (χ3n) is 4.29. The van der Waals surface area contributed by atoms with E-state index < -0.39 is 5.59 Å². The molecule has 0 fully saturated rings. The Balaban J connectivity index is 2.30. The molecule has 0 saturated carbocycles. The van der Waals surface area contributed by atoms with Gasteiger partial charge in [0.1, 0.15) is 39.2 Å². The fourth-order valence-electron chi connectivity index (χ4n) is 3.14. The van der Waals surface area contributed by atoms with E-state index in [1.54, 1.807) is 0 Å². The van der Waals surface area contributed by atoms with Gasteiger partial charge in [0.25, 0.3) is 0 Å². The Morgan fingerprint density at radius 2 is 1.68 bits per heavy atom. The maximum absolute atomic E-state index is 5.90. The fraction of sp³-hybridized carbons (Fsp3) is 0.500. The zero-order chi connectivity index (χ0) is 16.8. The van der Waals surface area contributed by atoms with Gasteiger partial charge in [-0.3, -0.25) is 0 Å². The molecule has 0 aromatic heterocycles. The third kappa shape index (κ3) is 3.76. The quantitative estimate of drug-likeness (QED) is 0.549. The summed E-state index contributed by atoms with van der Waals surface area (Å²) in [5.74, 6) is 1.68. The molecular weight excluding hydrogens is 266 g/mol. The lowest BCUT2D eigenvalue weighted by atomic mass is 9.44. The molecule has 10 heteroatoms. The van der Waals surface area contributed by atoms with Gasteiger partial charge in [0, 0.05) is 6.04 Å². The summed E-state index contributed by atoms with van der Waals surface area (Å²) in [5.41, 5.74) is 0.704. The minimum atomic E-state index is -0.571. The summed E-state index contributed by atoms with van der Waals surface area (Å²) in [4.78, 5) is 0. The molecule has 0 spiro atoms. The predicted octanol–water partition coefficient (Wildman–Crippen LogP) is -5.37. The number of nitrogens with one attached hydrogen (secondary N) is 1. The van der Waals surface area contributed by atoms with Crippen LogP contribution in [-0.4, -0.2) is 71.8 Å². The number of hydrogen-bond acceptors (Lipinski definition) is 3. The van der Waals surface area contributed by atoms with E-state index in [9.17, 15) is 0 Å². The van der Waals surface area contributed by atoms with E-state index in [-0.39, 0.29) is 10.5 Å². The van der Waals surface area contributed by atoms with Crippen molar-refractivity contribution in [2.75, 3.05) is 0 Å². The first-order valence-electron chi connectivity index (χ1n) is 8.25. The highest BCUT2D eigenvalue weighted by molar-refractivity contribution is 6.59. The molecule has 0 aliphatic carbocycles. The van der Waals surface area contributed by atoms with Crippen molar-refractivity contribution >= 4 is 54.9 Å². The van der Waals surface area contributed by atoms with Crippen molar-refractivity contribution in [2.24, 2.45) is 0 Å². The van der Waals surface area contributed by atoms with Crippen molar-refractivity contribution < 1.29 is 9.47 Å². The fourth-order valence-corrected chi connectivity index (χ4v) is 3.14. The Bertz CT molecular complexity index is 559. The van der Waals surface area contributed by atoms with Crippen molar-refractivity contribution in [3.05, 3.63) is 23.8 Å². The Morgan fingerprint density at radius 1 is 1.09 bits per heavy atom. The van der Waals surface area contributed by atoms with Gasteiger partial charge in [0.05, 0.1) is 0 Å². The first kappa shape index (κ1) is 17.6. The molecule has 1 heterocycles. The highest BCUT2D eigenvalue weighted by atomic mass is 16.7. The summed E-state index contributed by atoms with van der Waals surface area (Å²) in [5, 5.41) is 3.86. The summed E-state index contributed by atoms with van der Waals surface area (Å²) in [6.07, 6.45) is 1.07. The lowest BCUT2D eigenvalue weighted by Crippen LogP contribution is -2.59. The molecule has 0 saturated heterocycles. The van der Waals surface area contributed by atoms with Crippen LogP contribution in [0.4, 0.5) is 0 Å². The maximum atomic E-state index is 5.90. The standard InChI is InChI=1S/C12H24B7NO2/c1-2-9(20-11(15,16)17)10(13,14)6-3-4-7-8(5-6)22-12(18,19)21-7/h3-5,9,20H,2,13-19H2,1H3/t9-/m1/s1. The Kier molecular flexibility index (Phi) is 4.56. The van der Waals surface area contributed by atoms with Crippen molar-refractivity contribution in [3.8, 4) is 11.5 Å². The van der Waals surface area contributed by atoms with Gasteiger partial charge in [0.2, 0.25) is 0 Å². The van der Waals surface area contributed by atoms with Crippen LogP contribution in [0.15, 0.2) is 18.2 Å². The van der Waals surface area contributed by atoms with Crippen molar-refractivity contribution in [1.82, 2.24) is 5.32 Å². The van der Waals surface area contributed by atoms with Gasteiger partial charge in [-0.25, -0.2) is 0 Å². The summed E-state index contributed by atoms with van der Waals surface area (Å²) < 4.78 is 11.7. The zero-order valence-electron chi connectivity index (χ0n) is 15.3. The van der Waals surface area contributed by atoms with Crippen molar-refractivity contribution in [2.45, 2.75) is 35.4 Å². The molecule has 1 atom stereocenters. The van der Waals surface area contributed by atoms with Crippen LogP contribution in [0.5, 0.6) is 11.5 Å². The smallest absolute Gasteiger partial charge is 0.197 e. The molecular formula is C12H24B7NO2. The molecule has 22 heavy (non-hydrogen) atoms. The second kappa shape index (κ2) is 5.70. The summed E-state index contributed by atoms with van der Waals surface area (Å²) in [6.45, 7) is 2.24. The van der Waals surface area contributed by atoms with Crippen LogP contribution in [0.1, 0.15) is 18.9 Å². The Morgan fingerprint density at radius 3 is 2.23 bits per heavy atom. The number of rotatable bonds is 5. The molecule has 1 N–H and O–H groups in total. The minimum Gasteiger partial charge on any atom is -0.467 e. The molecule has 1 aromatic rings. The second-order valence-corrected chi connectivity index (χ2v) is 8.34. The van der Waals surface area contributed by atoms with E-state index in [0.29, 0.717) is 6.04 Å². The molecule has 3 nitrogen and oxygen atoms in total. The number of ether oxygens (including phenoxy) is 2. The summed E-state index contributed by atoms with van der Waals surface area (Å²) in [7, 11) is 15.1. The van der Waals surface area contributed by atoms with Crippen LogP contribution >= 0.6 is 0 Å². The van der Waals surface area contributed by atoms with Gasteiger partial charge in [-0.1, -0.05) is 23.8 Å². The largest absolute Gasteiger partial charge is 0.467 e. The highest BCUT2D eigenvalue weighted by Gasteiger charge is 2.36. The van der Waals surface area contributed by atoms with E-state index in [1.165, 1.54) is 5.56 Å². The van der Waals surface area contributed by atoms with Gasteiger partial charge < -0.3 is 14.8 Å². The Labute approximate surface area is 140 Å². The summed E-state index contributed by atoms with van der Waals surface area (Å²) in [6, 6.07) is 6.72. The van der Waals surface area contributed by atoms with Gasteiger partial charge in [-0.05, 0) is 23.8 Å².